The molecule has 0 saturated carbocycles. The third-order valence-corrected chi connectivity index (χ3v) is 4.74. The predicted molar refractivity (Wildman–Crippen MR) is 77.1 cm³/mol. The minimum atomic E-state index is -0.594. The first-order chi connectivity index (χ1) is 8.66. The summed E-state index contributed by atoms with van der Waals surface area (Å²) in [7, 11) is -0.594. The second kappa shape index (κ2) is 4.84. The molecule has 19 heavy (non-hydrogen) atoms. The van der Waals surface area contributed by atoms with Gasteiger partial charge < -0.3 is 15.0 Å². The quantitative estimate of drug-likeness (QED) is 0.847. The Balaban J connectivity index is 2.27. The first-order valence-corrected chi connectivity index (χ1v) is 7.00. The molecule has 2 N–H and O–H groups in total. The Morgan fingerprint density at radius 2 is 1.74 bits per heavy atom. The maximum Gasteiger partial charge on any atom is 0.480 e. The minimum Gasteiger partial charge on any atom is -0.402 e. The molecule has 104 valence electrons. The fraction of sp³-hybridized carbons (Fsp3) is 0.538. The molecule has 0 aliphatic carbocycles. The molecule has 1 heterocycles. The van der Waals surface area contributed by atoms with Crippen LogP contribution in [-0.2, 0) is 9.31 Å². The van der Waals surface area contributed by atoms with Crippen LogP contribution in [0.1, 0.15) is 39.2 Å². The minimum absolute atomic E-state index is 0.343. The van der Waals surface area contributed by atoms with E-state index >= 15 is 0 Å². The molecule has 1 aliphatic heterocycles. The molecule has 2 rings (SSSR count). The lowest BCUT2D eigenvalue weighted by Gasteiger charge is -2.32. The van der Waals surface area contributed by atoms with Gasteiger partial charge >= 0.3 is 7.12 Å². The molecule has 6 heteroatoms. The maximum atomic E-state index is 13.5. The van der Waals surface area contributed by atoms with Gasteiger partial charge in [0.25, 0.3) is 0 Å². The van der Waals surface area contributed by atoms with Crippen LogP contribution < -0.4 is 5.73 Å². The van der Waals surface area contributed by atoms with Crippen LogP contribution in [0.3, 0.4) is 0 Å². The third kappa shape index (κ3) is 2.59. The van der Waals surface area contributed by atoms with E-state index in [2.05, 4.69) is 15.9 Å². The highest BCUT2D eigenvalue weighted by molar-refractivity contribution is 9.10. The van der Waals surface area contributed by atoms with E-state index in [1.54, 1.807) is 12.1 Å². The summed E-state index contributed by atoms with van der Waals surface area (Å²) in [6.45, 7) is 7.83. The van der Waals surface area contributed by atoms with Gasteiger partial charge in [0.1, 0.15) is 5.82 Å². The van der Waals surface area contributed by atoms with Gasteiger partial charge in [-0.2, -0.15) is 0 Å². The van der Waals surface area contributed by atoms with Gasteiger partial charge in [-0.05, 0) is 55.3 Å². The number of hydrogen-bond donors (Lipinski definition) is 1. The van der Waals surface area contributed by atoms with Crippen LogP contribution in [0, 0.1) is 5.82 Å². The number of halogens is 2. The molecule has 0 unspecified atom stereocenters. The normalized spacial score (nSPS) is 22.6. The van der Waals surface area contributed by atoms with E-state index < -0.39 is 24.3 Å². The van der Waals surface area contributed by atoms with E-state index in [1.807, 2.05) is 27.7 Å². The van der Waals surface area contributed by atoms with E-state index in [0.29, 0.717) is 10.0 Å². The molecular weight excluding hydrogens is 312 g/mol. The topological polar surface area (TPSA) is 44.5 Å². The van der Waals surface area contributed by atoms with Crippen molar-refractivity contribution in [2.24, 2.45) is 5.73 Å². The van der Waals surface area contributed by atoms with Crippen molar-refractivity contribution in [3.8, 4) is 0 Å². The van der Waals surface area contributed by atoms with Crippen molar-refractivity contribution in [3.05, 3.63) is 34.1 Å². The molecule has 1 aromatic carbocycles. The van der Waals surface area contributed by atoms with Crippen molar-refractivity contribution in [1.82, 2.24) is 0 Å². The monoisotopic (exact) mass is 329 g/mol. The Morgan fingerprint density at radius 1 is 1.21 bits per heavy atom. The van der Waals surface area contributed by atoms with E-state index in [-0.39, 0.29) is 5.82 Å². The molecule has 0 amide bonds. The van der Waals surface area contributed by atoms with Crippen molar-refractivity contribution < 1.29 is 13.7 Å². The van der Waals surface area contributed by atoms with Gasteiger partial charge in [0.15, 0.2) is 0 Å². The highest BCUT2D eigenvalue weighted by atomic mass is 79.9. The van der Waals surface area contributed by atoms with Gasteiger partial charge in [0.05, 0.1) is 21.6 Å². The van der Waals surface area contributed by atoms with Gasteiger partial charge in [-0.25, -0.2) is 4.39 Å². The molecule has 1 aromatic rings. The highest BCUT2D eigenvalue weighted by Crippen LogP contribution is 2.40. The van der Waals surface area contributed by atoms with Crippen LogP contribution in [0.5, 0.6) is 0 Å². The standard InChI is InChI=1S/C13H18BBrFNO2/c1-12(2)13(3,4)19-14(18-12)11(17)8-6-5-7-9(16)10(8)15/h5-7,11H,17H2,1-4H3/t11-/m0/s1. The van der Waals surface area contributed by atoms with Gasteiger partial charge in [-0.15, -0.1) is 0 Å². The maximum absolute atomic E-state index is 13.5. The van der Waals surface area contributed by atoms with E-state index in [1.165, 1.54) is 6.07 Å². The molecular formula is C13H18BBrFNO2. The summed E-state index contributed by atoms with van der Waals surface area (Å²) in [6, 6.07) is 4.77. The van der Waals surface area contributed by atoms with Gasteiger partial charge in [-0.3, -0.25) is 0 Å². The Morgan fingerprint density at radius 3 is 2.26 bits per heavy atom. The lowest BCUT2D eigenvalue weighted by atomic mass is 9.75. The van der Waals surface area contributed by atoms with Crippen LogP contribution in [0.2, 0.25) is 0 Å². The number of benzene rings is 1. The zero-order chi connectivity index (χ0) is 14.4. The fourth-order valence-electron chi connectivity index (χ4n) is 1.96. The average Bonchev–Trinajstić information content (AvgIpc) is 2.51. The second-order valence-corrected chi connectivity index (χ2v) is 6.59. The van der Waals surface area contributed by atoms with Crippen molar-refractivity contribution >= 4 is 23.0 Å². The SMILES string of the molecule is CC1(C)OB([C@@H](N)c2cccc(F)c2Br)OC1(C)C. The summed E-state index contributed by atoms with van der Waals surface area (Å²) in [5.74, 6) is -0.893. The Kier molecular flexibility index (Phi) is 3.82. The van der Waals surface area contributed by atoms with Crippen molar-refractivity contribution in [2.45, 2.75) is 44.8 Å². The molecule has 0 radical (unpaired) electrons. The van der Waals surface area contributed by atoms with Crippen LogP contribution in [-0.4, -0.2) is 18.3 Å². The molecule has 0 spiro atoms. The van der Waals surface area contributed by atoms with Crippen LogP contribution >= 0.6 is 15.9 Å². The number of rotatable bonds is 2. The van der Waals surface area contributed by atoms with Crippen LogP contribution in [0.15, 0.2) is 22.7 Å². The van der Waals surface area contributed by atoms with E-state index in [4.69, 9.17) is 15.0 Å². The summed E-state index contributed by atoms with van der Waals surface area (Å²) in [4.78, 5) is 0. The predicted octanol–water partition coefficient (Wildman–Crippen LogP) is 3.22. The van der Waals surface area contributed by atoms with Crippen molar-refractivity contribution in [2.75, 3.05) is 0 Å². The Hall–Kier alpha value is -0.425. The smallest absolute Gasteiger partial charge is 0.402 e. The number of nitrogens with two attached hydrogens (primary N) is 1. The van der Waals surface area contributed by atoms with Gasteiger partial charge in [0, 0.05) is 0 Å². The number of hydrogen-bond acceptors (Lipinski definition) is 3. The van der Waals surface area contributed by atoms with Crippen LogP contribution in [0.25, 0.3) is 0 Å². The van der Waals surface area contributed by atoms with E-state index in [0.717, 1.165) is 0 Å². The molecule has 1 saturated heterocycles. The Labute approximate surface area is 121 Å². The zero-order valence-electron chi connectivity index (χ0n) is 11.5. The summed E-state index contributed by atoms with van der Waals surface area (Å²) in [5.41, 5.74) is 5.90. The summed E-state index contributed by atoms with van der Waals surface area (Å²) in [5, 5.41) is 0. The van der Waals surface area contributed by atoms with Crippen molar-refractivity contribution in [3.63, 3.8) is 0 Å². The van der Waals surface area contributed by atoms with Gasteiger partial charge in [-0.1, -0.05) is 12.1 Å². The first kappa shape index (κ1) is 15.0. The summed E-state index contributed by atoms with van der Waals surface area (Å²) >= 11 is 3.22. The summed E-state index contributed by atoms with van der Waals surface area (Å²) < 4.78 is 25.7. The van der Waals surface area contributed by atoms with Gasteiger partial charge in [0.2, 0.25) is 0 Å². The fourth-order valence-corrected chi connectivity index (χ4v) is 2.49. The lowest BCUT2D eigenvalue weighted by molar-refractivity contribution is 0.00578. The third-order valence-electron chi connectivity index (χ3n) is 3.91. The largest absolute Gasteiger partial charge is 0.480 e. The molecule has 1 aliphatic rings. The molecule has 1 atom stereocenters. The van der Waals surface area contributed by atoms with Crippen molar-refractivity contribution in [1.29, 1.82) is 0 Å². The second-order valence-electron chi connectivity index (χ2n) is 5.79. The highest BCUT2D eigenvalue weighted by Gasteiger charge is 2.53. The molecule has 1 fully saturated rings. The average molecular weight is 330 g/mol. The molecule has 3 nitrogen and oxygen atoms in total. The molecule has 0 bridgehead atoms. The summed E-state index contributed by atoms with van der Waals surface area (Å²) in [6.07, 6.45) is 0. The lowest BCUT2D eigenvalue weighted by Crippen LogP contribution is -2.41. The van der Waals surface area contributed by atoms with E-state index in [9.17, 15) is 4.39 Å². The van der Waals surface area contributed by atoms with Crippen LogP contribution in [0.4, 0.5) is 4.39 Å². The molecule has 0 aromatic heterocycles. The Bertz CT molecular complexity index is 480. The zero-order valence-corrected chi connectivity index (χ0v) is 13.1. The first-order valence-electron chi connectivity index (χ1n) is 6.21.